The monoisotopic (exact) mass is 336 g/mol. The largest absolute Gasteiger partial charge is 0.355 e. The van der Waals surface area contributed by atoms with Crippen LogP contribution in [0.1, 0.15) is 59.5 Å². The van der Waals surface area contributed by atoms with Crippen LogP contribution in [0.2, 0.25) is 0 Å². The van der Waals surface area contributed by atoms with Gasteiger partial charge in [0.05, 0.1) is 4.88 Å². The van der Waals surface area contributed by atoms with Gasteiger partial charge in [0.2, 0.25) is 5.91 Å². The van der Waals surface area contributed by atoms with Crippen LogP contribution in [0.4, 0.5) is 0 Å². The molecule has 1 N–H and O–H groups in total. The van der Waals surface area contributed by atoms with Gasteiger partial charge in [-0.2, -0.15) is 0 Å². The Hall–Kier alpha value is -1.20. The quantitative estimate of drug-likeness (QED) is 0.740. The van der Waals surface area contributed by atoms with Gasteiger partial charge in [-0.15, -0.1) is 11.3 Å². The van der Waals surface area contributed by atoms with Gasteiger partial charge >= 0.3 is 0 Å². The molecule has 1 amide bonds. The first-order valence-electron chi connectivity index (χ1n) is 8.63. The standard InChI is InChI=1S/C18H28N2O2S/c1-14-8-10-17(23-14)16(21)9-11-18(22)19-12-13-20(2)15-6-4-3-5-7-15/h8,10,15H,3-7,9,11-13H2,1-2H3,(H,19,22). The van der Waals surface area contributed by atoms with Crippen molar-refractivity contribution in [1.29, 1.82) is 0 Å². The minimum absolute atomic E-state index is 0.0244. The summed E-state index contributed by atoms with van der Waals surface area (Å²) in [4.78, 5) is 28.1. The molecular weight excluding hydrogens is 308 g/mol. The number of thiophene rings is 1. The zero-order valence-corrected chi connectivity index (χ0v) is 15.1. The second-order valence-corrected chi connectivity index (χ2v) is 7.74. The number of nitrogens with zero attached hydrogens (tertiary/aromatic N) is 1. The molecule has 0 spiro atoms. The Morgan fingerprint density at radius 1 is 1.22 bits per heavy atom. The third-order valence-corrected chi connectivity index (χ3v) is 5.62. The normalized spacial score (nSPS) is 15.8. The van der Waals surface area contributed by atoms with E-state index >= 15 is 0 Å². The number of likely N-dealkylation sites (N-methyl/N-ethyl adjacent to an activating group) is 1. The van der Waals surface area contributed by atoms with Crippen LogP contribution >= 0.6 is 11.3 Å². The number of amides is 1. The van der Waals surface area contributed by atoms with Gasteiger partial charge in [0.25, 0.3) is 0 Å². The van der Waals surface area contributed by atoms with Crippen molar-refractivity contribution in [2.45, 2.75) is 57.9 Å². The first-order valence-corrected chi connectivity index (χ1v) is 9.44. The lowest BCUT2D eigenvalue weighted by Crippen LogP contribution is -2.39. The van der Waals surface area contributed by atoms with Gasteiger partial charge in [0.15, 0.2) is 5.78 Å². The Labute approximate surface area is 143 Å². The van der Waals surface area contributed by atoms with Crippen molar-refractivity contribution < 1.29 is 9.59 Å². The van der Waals surface area contributed by atoms with E-state index in [-0.39, 0.29) is 18.1 Å². The summed E-state index contributed by atoms with van der Waals surface area (Å²) in [5.74, 6) is 0.0428. The highest BCUT2D eigenvalue weighted by atomic mass is 32.1. The SMILES string of the molecule is Cc1ccc(C(=O)CCC(=O)NCCN(C)C2CCCCC2)s1. The van der Waals surface area contributed by atoms with Crippen LogP contribution in [-0.2, 0) is 4.79 Å². The summed E-state index contributed by atoms with van der Waals surface area (Å²) in [6, 6.07) is 4.46. The summed E-state index contributed by atoms with van der Waals surface area (Å²) in [7, 11) is 2.14. The van der Waals surface area contributed by atoms with Gasteiger partial charge in [0, 0.05) is 36.9 Å². The van der Waals surface area contributed by atoms with Gasteiger partial charge in [-0.05, 0) is 38.9 Å². The first kappa shape index (κ1) is 18.1. The van der Waals surface area contributed by atoms with Crippen LogP contribution in [0.25, 0.3) is 0 Å². The van der Waals surface area contributed by atoms with Crippen LogP contribution < -0.4 is 5.32 Å². The van der Waals surface area contributed by atoms with E-state index in [9.17, 15) is 9.59 Å². The number of hydrogen-bond donors (Lipinski definition) is 1. The van der Waals surface area contributed by atoms with Crippen molar-refractivity contribution in [3.05, 3.63) is 21.9 Å². The maximum absolute atomic E-state index is 12.0. The predicted octanol–water partition coefficient (Wildman–Crippen LogP) is 3.40. The minimum Gasteiger partial charge on any atom is -0.355 e. The molecule has 1 aliphatic carbocycles. The number of aryl methyl sites for hydroxylation is 1. The molecule has 4 nitrogen and oxygen atoms in total. The molecule has 1 aliphatic rings. The molecule has 0 unspecified atom stereocenters. The average Bonchev–Trinajstić information content (AvgIpc) is 3.00. The number of Topliss-reactive ketones (excluding diaryl/α,β-unsaturated/α-hetero) is 1. The topological polar surface area (TPSA) is 49.4 Å². The number of nitrogens with one attached hydrogen (secondary N) is 1. The fourth-order valence-corrected chi connectivity index (χ4v) is 3.93. The van der Waals surface area contributed by atoms with Crippen molar-refractivity contribution in [3.8, 4) is 0 Å². The highest BCUT2D eigenvalue weighted by molar-refractivity contribution is 7.14. The molecule has 2 rings (SSSR count). The highest BCUT2D eigenvalue weighted by Gasteiger charge is 2.17. The van der Waals surface area contributed by atoms with Crippen molar-refractivity contribution in [2.24, 2.45) is 0 Å². The van der Waals surface area contributed by atoms with E-state index in [1.807, 2.05) is 19.1 Å². The van der Waals surface area contributed by atoms with Crippen molar-refractivity contribution in [1.82, 2.24) is 10.2 Å². The van der Waals surface area contributed by atoms with E-state index in [0.717, 1.165) is 16.3 Å². The molecule has 1 heterocycles. The van der Waals surface area contributed by atoms with E-state index < -0.39 is 0 Å². The summed E-state index contributed by atoms with van der Waals surface area (Å²) >= 11 is 1.50. The van der Waals surface area contributed by atoms with Crippen LogP contribution in [-0.4, -0.2) is 42.8 Å². The lowest BCUT2D eigenvalue weighted by molar-refractivity contribution is -0.121. The van der Waals surface area contributed by atoms with Crippen molar-refractivity contribution >= 4 is 23.0 Å². The van der Waals surface area contributed by atoms with Gasteiger partial charge < -0.3 is 10.2 Å². The Kier molecular flexibility index (Phi) is 7.24. The van der Waals surface area contributed by atoms with E-state index in [2.05, 4.69) is 17.3 Å². The molecule has 23 heavy (non-hydrogen) atoms. The first-order chi connectivity index (χ1) is 11.1. The smallest absolute Gasteiger partial charge is 0.220 e. The third-order valence-electron chi connectivity index (χ3n) is 4.58. The zero-order valence-electron chi connectivity index (χ0n) is 14.3. The number of rotatable bonds is 8. The number of ketones is 1. The number of carbonyl (C=O) groups excluding carboxylic acids is 2. The molecule has 0 bridgehead atoms. The maximum Gasteiger partial charge on any atom is 0.220 e. The van der Waals surface area contributed by atoms with Crippen LogP contribution in [0.15, 0.2) is 12.1 Å². The molecule has 1 saturated carbocycles. The summed E-state index contributed by atoms with van der Waals surface area (Å²) in [6.07, 6.45) is 7.14. The lowest BCUT2D eigenvalue weighted by Gasteiger charge is -2.31. The summed E-state index contributed by atoms with van der Waals surface area (Å²) in [5.41, 5.74) is 0. The van der Waals surface area contributed by atoms with E-state index in [0.29, 0.717) is 19.0 Å². The molecule has 1 aromatic rings. The van der Waals surface area contributed by atoms with Gasteiger partial charge in [0.1, 0.15) is 0 Å². The second-order valence-electron chi connectivity index (χ2n) is 6.46. The summed E-state index contributed by atoms with van der Waals surface area (Å²) in [6.45, 7) is 3.53. The molecule has 1 aromatic heterocycles. The molecule has 0 aliphatic heterocycles. The van der Waals surface area contributed by atoms with E-state index in [1.165, 1.54) is 43.4 Å². The summed E-state index contributed by atoms with van der Waals surface area (Å²) in [5, 5.41) is 2.94. The molecule has 128 valence electrons. The molecule has 0 saturated heterocycles. The van der Waals surface area contributed by atoms with Gasteiger partial charge in [-0.1, -0.05) is 19.3 Å². The van der Waals surface area contributed by atoms with E-state index in [4.69, 9.17) is 0 Å². The lowest BCUT2D eigenvalue weighted by atomic mass is 9.94. The predicted molar refractivity (Wildman–Crippen MR) is 95.1 cm³/mol. The molecule has 0 radical (unpaired) electrons. The molecule has 1 fully saturated rings. The van der Waals surface area contributed by atoms with Crippen LogP contribution in [0, 0.1) is 6.92 Å². The Bertz CT molecular complexity index is 521. The molecule has 0 aromatic carbocycles. The van der Waals surface area contributed by atoms with Crippen LogP contribution in [0.3, 0.4) is 0 Å². The van der Waals surface area contributed by atoms with E-state index in [1.54, 1.807) is 0 Å². The van der Waals surface area contributed by atoms with Gasteiger partial charge in [-0.3, -0.25) is 9.59 Å². The Morgan fingerprint density at radius 3 is 2.61 bits per heavy atom. The zero-order chi connectivity index (χ0) is 16.7. The molecular formula is C18H28N2O2S. The molecule has 5 heteroatoms. The fraction of sp³-hybridized carbons (Fsp3) is 0.667. The second kappa shape index (κ2) is 9.18. The Morgan fingerprint density at radius 2 is 1.96 bits per heavy atom. The Balaban J connectivity index is 1.60. The minimum atomic E-state index is -0.0244. The fourth-order valence-electron chi connectivity index (χ4n) is 3.10. The third kappa shape index (κ3) is 6.07. The average molecular weight is 337 g/mol. The summed E-state index contributed by atoms with van der Waals surface area (Å²) < 4.78 is 0. The van der Waals surface area contributed by atoms with Crippen LogP contribution in [0.5, 0.6) is 0 Å². The highest BCUT2D eigenvalue weighted by Crippen LogP contribution is 2.21. The van der Waals surface area contributed by atoms with Gasteiger partial charge in [-0.25, -0.2) is 0 Å². The van der Waals surface area contributed by atoms with Crippen molar-refractivity contribution in [3.63, 3.8) is 0 Å². The maximum atomic E-state index is 12.0. The number of hydrogen-bond acceptors (Lipinski definition) is 4. The molecule has 0 atom stereocenters. The number of carbonyl (C=O) groups is 2. The van der Waals surface area contributed by atoms with Crippen molar-refractivity contribution in [2.75, 3.05) is 20.1 Å².